The van der Waals surface area contributed by atoms with Gasteiger partial charge in [0.15, 0.2) is 0 Å². The average Bonchev–Trinajstić information content (AvgIpc) is 2.37. The molecule has 0 aliphatic carbocycles. The van der Waals surface area contributed by atoms with Crippen molar-refractivity contribution in [3.63, 3.8) is 0 Å². The summed E-state index contributed by atoms with van der Waals surface area (Å²) in [5.74, 6) is -1.71. The van der Waals surface area contributed by atoms with E-state index in [0.29, 0.717) is 0 Å². The predicted molar refractivity (Wildman–Crippen MR) is 68.6 cm³/mol. The molecule has 0 aromatic heterocycles. The average molecular weight is 282 g/mol. The van der Waals surface area contributed by atoms with Gasteiger partial charge in [-0.2, -0.15) is 13.8 Å². The van der Waals surface area contributed by atoms with Crippen molar-refractivity contribution in [1.82, 2.24) is 0 Å². The van der Waals surface area contributed by atoms with E-state index >= 15 is 0 Å². The molecule has 0 fully saturated rings. The number of carboxylic acids is 2. The van der Waals surface area contributed by atoms with Crippen LogP contribution in [0.2, 0.25) is 0 Å². The summed E-state index contributed by atoms with van der Waals surface area (Å²) in [5.41, 5.74) is 0. The summed E-state index contributed by atoms with van der Waals surface area (Å²) in [6, 6.07) is 0. The monoisotopic (exact) mass is 282 g/mol. The van der Waals surface area contributed by atoms with Gasteiger partial charge in [-0.15, -0.1) is 0 Å². The Morgan fingerprint density at radius 3 is 0.882 bits per heavy atom. The molecule has 5 heteroatoms. The topological polar surface area (TPSA) is 74.6 Å². The third-order valence-corrected chi connectivity index (χ3v) is 0.428. The number of carbonyl (C=O) groups is 2. The van der Waals surface area contributed by atoms with E-state index in [1.54, 1.807) is 13.8 Å². The van der Waals surface area contributed by atoms with Crippen molar-refractivity contribution >= 4 is 11.9 Å². The normalized spacial score (nSPS) is 5.41. The minimum absolute atomic E-state index is 0. The van der Waals surface area contributed by atoms with Crippen molar-refractivity contribution in [2.75, 3.05) is 0 Å². The first kappa shape index (κ1) is 36.0. The summed E-state index contributed by atoms with van der Waals surface area (Å²) in [6.45, 7) is 20.2. The first-order valence-corrected chi connectivity index (χ1v) is 4.98. The van der Waals surface area contributed by atoms with Crippen molar-refractivity contribution < 1.29 is 41.5 Å². The zero-order chi connectivity index (χ0) is 14.6. The van der Waals surface area contributed by atoms with Gasteiger partial charge in [0.2, 0.25) is 0 Å². The summed E-state index contributed by atoms with van der Waals surface area (Å²) in [5, 5.41) is 15.3. The van der Waals surface area contributed by atoms with Gasteiger partial charge in [-0.05, 0) is 0 Å². The Labute approximate surface area is 122 Å². The Morgan fingerprint density at radius 1 is 0.824 bits per heavy atom. The Hall–Kier alpha value is -0.346. The maximum atomic E-state index is 9.31. The maximum Gasteiger partial charge on any atom is 4.00 e. The van der Waals surface area contributed by atoms with Crippen molar-refractivity contribution in [2.45, 2.75) is 40.5 Å². The van der Waals surface area contributed by atoms with Crippen molar-refractivity contribution in [3.8, 4) is 0 Å². The first-order chi connectivity index (χ1) is 7.54. The van der Waals surface area contributed by atoms with Gasteiger partial charge in [-0.25, -0.2) is 0 Å². The molecule has 0 bridgehead atoms. The summed E-state index contributed by atoms with van der Waals surface area (Å²) in [7, 11) is 0. The van der Waals surface area contributed by atoms with E-state index < -0.39 is 11.9 Å². The van der Waals surface area contributed by atoms with Gasteiger partial charge in [-0.1, -0.05) is 26.7 Å². The van der Waals surface area contributed by atoms with Crippen LogP contribution in [0.15, 0.2) is 0 Å². The number of hydrogen-bond acceptors (Lipinski definition) is 2. The summed E-state index contributed by atoms with van der Waals surface area (Å²) in [4.78, 5) is 18.6. The van der Waals surface area contributed by atoms with Crippen LogP contribution in [0.5, 0.6) is 0 Å². The Kier molecular flexibility index (Phi) is 121. The molecule has 0 spiro atoms. The molecule has 0 aliphatic rings. The molecule has 0 aliphatic heterocycles. The number of hydrogen-bond donors (Lipinski definition) is 2. The number of aliphatic carboxylic acids is 2. The molecule has 4 nitrogen and oxygen atoms in total. The largest absolute Gasteiger partial charge is 4.00 e. The van der Waals surface area contributed by atoms with E-state index in [2.05, 4.69) is 27.7 Å². The minimum atomic E-state index is -0.856. The van der Waals surface area contributed by atoms with Crippen LogP contribution in [0.25, 0.3) is 0 Å². The fourth-order valence-corrected chi connectivity index (χ4v) is 0. The number of rotatable bonds is 2. The van der Waals surface area contributed by atoms with Gasteiger partial charge in [-0.3, -0.25) is 9.59 Å². The standard InChI is InChI=1S/2C3H5O2.C2H6.2C2H5.Ti/c2*1-2-3(4)5;3*1-2;/h2*1-2H2,(H,4,5);1-2H3;2*1H2,2H3;/q2*-1;;2*-1;+4. The van der Waals surface area contributed by atoms with Crippen LogP contribution in [0.3, 0.4) is 0 Å². The fourth-order valence-electron chi connectivity index (χ4n) is 0. The second kappa shape index (κ2) is 57.4. The molecule has 0 atom stereocenters. The van der Waals surface area contributed by atoms with Gasteiger partial charge >= 0.3 is 21.7 Å². The molecule has 0 rings (SSSR count). The first-order valence-electron chi connectivity index (χ1n) is 4.98. The molecule has 0 saturated heterocycles. The van der Waals surface area contributed by atoms with Crippen LogP contribution < -0.4 is 0 Å². The van der Waals surface area contributed by atoms with Crippen LogP contribution in [-0.2, 0) is 31.3 Å². The summed E-state index contributed by atoms with van der Waals surface area (Å²) >= 11 is 0. The molecule has 0 saturated carbocycles. The van der Waals surface area contributed by atoms with Crippen LogP contribution in [0.4, 0.5) is 0 Å². The van der Waals surface area contributed by atoms with E-state index in [0.717, 1.165) is 0 Å². The zero-order valence-corrected chi connectivity index (χ0v) is 13.0. The summed E-state index contributed by atoms with van der Waals surface area (Å²) in [6.07, 6.45) is -0.0556. The molecule has 0 heterocycles. The van der Waals surface area contributed by atoms with E-state index in [1.807, 2.05) is 13.8 Å². The van der Waals surface area contributed by atoms with E-state index in [-0.39, 0.29) is 34.6 Å². The zero-order valence-electron chi connectivity index (χ0n) is 11.5. The molecule has 102 valence electrons. The maximum absolute atomic E-state index is 9.31. The number of carboxylic acid groups (broad SMARTS) is 2. The molecule has 0 aromatic rings. The second-order valence-corrected chi connectivity index (χ2v) is 1.29. The molecule has 2 N–H and O–H groups in total. The Balaban J connectivity index is -0.0000000238. The molecule has 0 radical (unpaired) electrons. The van der Waals surface area contributed by atoms with E-state index in [4.69, 9.17) is 10.2 Å². The summed E-state index contributed by atoms with van der Waals surface area (Å²) < 4.78 is 0. The van der Waals surface area contributed by atoms with E-state index in [1.165, 1.54) is 0 Å². The van der Waals surface area contributed by atoms with Crippen LogP contribution in [0, 0.1) is 27.7 Å². The molecule has 17 heavy (non-hydrogen) atoms. The van der Waals surface area contributed by atoms with Crippen LogP contribution in [-0.4, -0.2) is 22.2 Å². The van der Waals surface area contributed by atoms with Gasteiger partial charge in [0.25, 0.3) is 11.9 Å². The van der Waals surface area contributed by atoms with Crippen LogP contribution >= 0.6 is 0 Å². The van der Waals surface area contributed by atoms with Gasteiger partial charge in [0.05, 0.1) is 0 Å². The minimum Gasteiger partial charge on any atom is -0.483 e. The second-order valence-electron chi connectivity index (χ2n) is 1.29. The molecular weight excluding hydrogens is 256 g/mol. The van der Waals surface area contributed by atoms with Crippen molar-refractivity contribution in [1.29, 1.82) is 0 Å². The quantitative estimate of drug-likeness (QED) is 0.602. The predicted octanol–water partition coefficient (Wildman–Crippen LogP) is 3.29. The van der Waals surface area contributed by atoms with Gasteiger partial charge in [0, 0.05) is 0 Å². The third-order valence-electron chi connectivity index (χ3n) is 0.428. The molecule has 0 aromatic carbocycles. The molecule has 0 amide bonds. The Morgan fingerprint density at radius 2 is 0.882 bits per heavy atom. The molecule has 0 unspecified atom stereocenters. The van der Waals surface area contributed by atoms with E-state index in [9.17, 15) is 9.59 Å². The Bertz CT molecular complexity index is 103. The smallest absolute Gasteiger partial charge is 0.483 e. The SMILES string of the molecule is CC.[CH2-]C.[CH2-]C.[CH2-]CC(=O)O.[CH2-]CC(=O)O.[Ti+4]. The van der Waals surface area contributed by atoms with Crippen LogP contribution in [0.1, 0.15) is 40.5 Å². The van der Waals surface area contributed by atoms with Gasteiger partial charge < -0.3 is 37.9 Å². The third kappa shape index (κ3) is 219. The van der Waals surface area contributed by atoms with Gasteiger partial charge in [0.1, 0.15) is 0 Å². The van der Waals surface area contributed by atoms with Crippen molar-refractivity contribution in [2.24, 2.45) is 0 Å². The fraction of sp³-hybridized carbons (Fsp3) is 0.500. The molecular formula is C12H26O4Ti. The van der Waals surface area contributed by atoms with Crippen molar-refractivity contribution in [3.05, 3.63) is 27.7 Å².